The second kappa shape index (κ2) is 34.5. The van der Waals surface area contributed by atoms with Gasteiger partial charge in [0.1, 0.15) is 47.6 Å². The highest BCUT2D eigenvalue weighted by Gasteiger charge is 2.34. The van der Waals surface area contributed by atoms with E-state index in [-0.39, 0.29) is 24.7 Å². The average Bonchev–Trinajstić information content (AvgIpc) is 1.60. The minimum absolute atomic E-state index is 0.0275. The lowest BCUT2D eigenvalue weighted by Gasteiger charge is -2.28. The molecule has 116 heavy (non-hydrogen) atoms. The van der Waals surface area contributed by atoms with Crippen LogP contribution in [0.2, 0.25) is 0 Å². The number of carbonyl (C=O) groups excluding carboxylic acids is 6. The Labute approximate surface area is 667 Å². The van der Waals surface area contributed by atoms with Crippen LogP contribution in [0, 0.1) is 17.8 Å². The summed E-state index contributed by atoms with van der Waals surface area (Å²) in [5.41, 5.74) is 12.5. The Bertz CT molecular complexity index is 5480. The Morgan fingerprint density at radius 2 is 0.828 bits per heavy atom. The normalized spacial score (nSPS) is 19.9. The summed E-state index contributed by atoms with van der Waals surface area (Å²) in [5.74, 6) is 2.66. The van der Waals surface area contributed by atoms with Gasteiger partial charge < -0.3 is 64.6 Å². The third-order valence-electron chi connectivity index (χ3n) is 23.4. The summed E-state index contributed by atoms with van der Waals surface area (Å²) >= 11 is 0. The van der Waals surface area contributed by atoms with Gasteiger partial charge in [-0.05, 0) is 174 Å². The predicted molar refractivity (Wildman–Crippen MR) is 433 cm³/mol. The van der Waals surface area contributed by atoms with Crippen molar-refractivity contribution < 1.29 is 48.6 Å². The zero-order valence-electron chi connectivity index (χ0n) is 65.5. The van der Waals surface area contributed by atoms with E-state index in [1.165, 1.54) is 62.3 Å². The molecule has 12 aromatic rings. The Morgan fingerprint density at radius 3 is 1.20 bits per heavy atom. The van der Waals surface area contributed by atoms with Crippen molar-refractivity contribution in [2.24, 2.45) is 17.8 Å². The van der Waals surface area contributed by atoms with Crippen LogP contribution in [0.15, 0.2) is 110 Å². The molecule has 0 atom stereocenters. The number of nitrogens with zero attached hydrogens (tertiary/aromatic N) is 18. The van der Waals surface area contributed by atoms with Crippen LogP contribution in [0.3, 0.4) is 0 Å². The predicted octanol–water partition coefficient (Wildman–Crippen LogP) is 11.2. The number of esters is 1. The smallest absolute Gasteiger partial charge is 0.370 e. The van der Waals surface area contributed by atoms with Crippen LogP contribution in [-0.2, 0) is 77.2 Å². The quantitative estimate of drug-likeness (QED) is 0.0435. The van der Waals surface area contributed by atoms with Crippen molar-refractivity contribution in [2.45, 2.75) is 175 Å². The van der Waals surface area contributed by atoms with Gasteiger partial charge in [-0.1, -0.05) is 39.0 Å². The van der Waals surface area contributed by atoms with Crippen molar-refractivity contribution in [3.8, 4) is 0 Å². The zero-order chi connectivity index (χ0) is 80.1. The molecule has 0 unspecified atom stereocenters. The molecule has 19 rings (SSSR count). The van der Waals surface area contributed by atoms with Crippen LogP contribution < -0.4 is 21.3 Å². The molecule has 4 fully saturated rings. The lowest BCUT2D eigenvalue weighted by atomic mass is 9.87. The maximum Gasteiger partial charge on any atom is 0.370 e. The van der Waals surface area contributed by atoms with Gasteiger partial charge in [0.15, 0.2) is 6.61 Å². The number of aliphatic hydroxyl groups is 2. The lowest BCUT2D eigenvalue weighted by molar-refractivity contribution is -0.200. The molecule has 6 N–H and O–H groups in total. The van der Waals surface area contributed by atoms with E-state index in [1.54, 1.807) is 9.80 Å². The molecule has 3 aliphatic carbocycles. The van der Waals surface area contributed by atoms with Gasteiger partial charge >= 0.3 is 11.9 Å². The number of imide groups is 1. The minimum atomic E-state index is -0.964. The van der Waals surface area contributed by atoms with Crippen LogP contribution in [0.5, 0.6) is 0 Å². The van der Waals surface area contributed by atoms with Gasteiger partial charge in [0.05, 0.1) is 65.3 Å². The summed E-state index contributed by atoms with van der Waals surface area (Å²) in [5, 5.41) is 38.6. The summed E-state index contributed by atoms with van der Waals surface area (Å²) in [6.07, 6.45) is 33.9. The molecule has 7 aliphatic rings. The van der Waals surface area contributed by atoms with Gasteiger partial charge in [-0.25, -0.2) is 34.7 Å². The molecule has 3 saturated carbocycles. The molecule has 0 aromatic carbocycles. The first-order valence-corrected chi connectivity index (χ1v) is 40.2. The van der Waals surface area contributed by atoms with Crippen molar-refractivity contribution in [1.82, 2.24) is 93.7 Å². The largest absolute Gasteiger partial charge is 0.454 e. The number of carbonyl (C=O) groups is 6. The number of nitrogens with one attached hydrogen (secondary N) is 4. The number of hydrogen-bond acceptors (Lipinski definition) is 26. The van der Waals surface area contributed by atoms with Crippen molar-refractivity contribution in [3.05, 3.63) is 144 Å². The molecule has 1 saturated heterocycles. The zero-order valence-corrected chi connectivity index (χ0v) is 65.5. The third kappa shape index (κ3) is 16.9. The van der Waals surface area contributed by atoms with E-state index in [1.807, 2.05) is 98.2 Å². The maximum atomic E-state index is 11.9. The van der Waals surface area contributed by atoms with Gasteiger partial charge in [0.25, 0.3) is 11.8 Å². The summed E-state index contributed by atoms with van der Waals surface area (Å²) in [6.45, 7) is 10.4. The molecule has 4 amide bonds. The molecule has 4 aliphatic heterocycles. The summed E-state index contributed by atoms with van der Waals surface area (Å²) in [7, 11) is 0. The molecular formula is C84H94N22O10. The molecule has 600 valence electrons. The summed E-state index contributed by atoms with van der Waals surface area (Å²) in [6, 6.07) is 19.5. The van der Waals surface area contributed by atoms with Crippen molar-refractivity contribution in [3.63, 3.8) is 0 Å². The first-order valence-electron chi connectivity index (χ1n) is 40.2. The topological polar surface area (TPSA) is 389 Å². The fourth-order valence-corrected chi connectivity index (χ4v) is 17.1. The van der Waals surface area contributed by atoms with E-state index < -0.39 is 43.6 Å². The highest BCUT2D eigenvalue weighted by Crippen LogP contribution is 2.43. The highest BCUT2D eigenvalue weighted by molar-refractivity contribution is 6.08. The Balaban J connectivity index is 0.000000120. The standard InChI is InChI=1S/2C26H29N7O2.C24H27N7.C8H9NO6/c2*1-16-2-5-18(6-3-16)33-22-13-27-10-8-19(22)20-12-28-26(31-25(20)33)30-23-7-4-17-9-11-32(24(35)15-34)14-21(17)29-23;1-15-2-5-17(6-3-15)31-21-14-26-11-9-18(21)19-12-27-24(30-23(19)31)29-22-7-4-16-8-10-25-13-20(16)28-22;1-5(10)14-4-8(13)15-9-6(11)2-3-7(9)12/h2*4,7-8,10,12-13,16,18,34H,2-3,5-6,9,11,14-15H2,1H3,(H,28,29,30,31);4,7,9,11-12,14-15,17,25H,2-3,5-6,8,10,13H2,1H3,(H,27,28,29,30);2-4H2,1H3. The van der Waals surface area contributed by atoms with Gasteiger partial charge in [-0.2, -0.15) is 15.0 Å². The van der Waals surface area contributed by atoms with Crippen LogP contribution in [0.25, 0.3) is 65.8 Å². The molecule has 32 heteroatoms. The van der Waals surface area contributed by atoms with Gasteiger partial charge in [-0.3, -0.25) is 38.9 Å². The number of aromatic nitrogens is 15. The van der Waals surface area contributed by atoms with Crippen molar-refractivity contribution >= 4 is 137 Å². The highest BCUT2D eigenvalue weighted by atomic mass is 16.7. The van der Waals surface area contributed by atoms with E-state index >= 15 is 0 Å². The first-order chi connectivity index (χ1) is 56.5. The second-order valence-corrected chi connectivity index (χ2v) is 31.3. The second-order valence-electron chi connectivity index (χ2n) is 31.3. The Hall–Kier alpha value is -12.2. The van der Waals surface area contributed by atoms with Gasteiger partial charge in [0.2, 0.25) is 29.7 Å². The molecule has 16 heterocycles. The number of anilines is 6. The number of rotatable bonds is 14. The van der Waals surface area contributed by atoms with E-state index in [4.69, 9.17) is 29.9 Å². The number of aliphatic hydroxyl groups excluding tert-OH is 2. The van der Waals surface area contributed by atoms with E-state index in [0.717, 1.165) is 177 Å². The number of ether oxygens (including phenoxy) is 1. The minimum Gasteiger partial charge on any atom is -0.454 e. The fourth-order valence-electron chi connectivity index (χ4n) is 17.1. The summed E-state index contributed by atoms with van der Waals surface area (Å²) in [4.78, 5) is 131. The van der Waals surface area contributed by atoms with E-state index in [9.17, 15) is 39.0 Å². The van der Waals surface area contributed by atoms with Crippen LogP contribution in [0.4, 0.5) is 35.3 Å². The van der Waals surface area contributed by atoms with Gasteiger partial charge in [-0.15, -0.1) is 5.06 Å². The van der Waals surface area contributed by atoms with Crippen molar-refractivity contribution in [2.75, 3.05) is 55.4 Å². The average molecular weight is 1570 g/mol. The number of hydrogen-bond donors (Lipinski definition) is 6. The molecule has 0 spiro atoms. The van der Waals surface area contributed by atoms with E-state index in [2.05, 4.69) is 107 Å². The molecule has 0 radical (unpaired) electrons. The number of hydroxylamine groups is 2. The molecule has 12 aromatic heterocycles. The van der Waals surface area contributed by atoms with Gasteiger partial charge in [0, 0.05) is 127 Å². The number of amides is 4. The summed E-state index contributed by atoms with van der Waals surface area (Å²) < 4.78 is 11.4. The molecular weight excluding hydrogens is 1480 g/mol. The monoisotopic (exact) mass is 1570 g/mol. The SMILES string of the molecule is CC(=O)OCC(=O)ON1C(=O)CCC1=O.CC1CCC(n2c3cnccc3c3cnc(Nc4ccc5c(n4)CN(C(=O)CO)CC5)nc32)CC1.CC1CCC(n2c3cnccc3c3cnc(Nc4ccc5c(n4)CN(C(=O)CO)CC5)nc32)CC1.CC1CCC(n2c3cnccc3c3cnc(Nc4ccc5c(n4)CNCC5)nc32)CC1. The Morgan fingerprint density at radius 1 is 0.457 bits per heavy atom. The lowest BCUT2D eigenvalue weighted by Crippen LogP contribution is -2.38. The maximum absolute atomic E-state index is 11.9. The van der Waals surface area contributed by atoms with Crippen LogP contribution >= 0.6 is 0 Å². The number of fused-ring (bicyclic) bond motifs is 12. The number of pyridine rings is 6. The first kappa shape index (κ1) is 77.8. The molecule has 32 nitrogen and oxygen atoms in total. The Kier molecular flexibility index (Phi) is 23.1. The third-order valence-corrected chi connectivity index (χ3v) is 23.4. The molecule has 0 bridgehead atoms. The van der Waals surface area contributed by atoms with E-state index in [0.29, 0.717) is 78.8 Å². The van der Waals surface area contributed by atoms with Crippen LogP contribution in [0.1, 0.15) is 169 Å². The van der Waals surface area contributed by atoms with Crippen molar-refractivity contribution in [1.29, 1.82) is 0 Å². The fraction of sp³-hybridized carbons (Fsp3) is 0.429. The van der Waals surface area contributed by atoms with Crippen LogP contribution in [-0.4, -0.2) is 174 Å².